The van der Waals surface area contributed by atoms with E-state index in [1.807, 2.05) is 37.3 Å². The third-order valence-electron chi connectivity index (χ3n) is 3.57. The van der Waals surface area contributed by atoms with Crippen LogP contribution in [0.1, 0.15) is 28.7 Å². The summed E-state index contributed by atoms with van der Waals surface area (Å²) in [7, 11) is 0. The number of nitrogens with zero attached hydrogens (tertiary/aromatic N) is 2. The van der Waals surface area contributed by atoms with Crippen molar-refractivity contribution in [3.05, 3.63) is 68.1 Å². The molecule has 0 aliphatic carbocycles. The summed E-state index contributed by atoms with van der Waals surface area (Å²) in [6.07, 6.45) is 2.41. The second-order valence-electron chi connectivity index (χ2n) is 5.15. The van der Waals surface area contributed by atoms with Crippen LogP contribution in [-0.4, -0.2) is 15.3 Å². The summed E-state index contributed by atoms with van der Waals surface area (Å²) in [6, 6.07) is 11.7. The van der Waals surface area contributed by atoms with E-state index in [-0.39, 0.29) is 5.91 Å². The van der Waals surface area contributed by atoms with E-state index in [0.717, 1.165) is 16.9 Å². The molecule has 1 amide bonds. The zero-order valence-corrected chi connectivity index (χ0v) is 15.4. The minimum absolute atomic E-state index is 0.143. The van der Waals surface area contributed by atoms with Gasteiger partial charge in [0, 0.05) is 16.3 Å². The highest BCUT2D eigenvalue weighted by Gasteiger charge is 2.18. The number of hydrogen-bond acceptors (Lipinski definition) is 2. The highest BCUT2D eigenvalue weighted by atomic mass is 127. The lowest BCUT2D eigenvalue weighted by Gasteiger charge is -2.07. The van der Waals surface area contributed by atoms with Crippen molar-refractivity contribution in [2.75, 3.05) is 0 Å². The number of halogens is 2. The molecule has 1 N–H and O–H groups in total. The Balaban J connectivity index is 1.87. The second-order valence-corrected chi connectivity index (χ2v) is 6.83. The largest absolute Gasteiger partial charge is 0.347 e. The van der Waals surface area contributed by atoms with Gasteiger partial charge in [-0.25, -0.2) is 4.98 Å². The van der Waals surface area contributed by atoms with Crippen molar-refractivity contribution < 1.29 is 4.79 Å². The molecular weight excluding hydrogens is 425 g/mol. The molecule has 0 aliphatic rings. The molecule has 0 aliphatic heterocycles. The molecule has 0 atom stereocenters. The molecule has 4 nitrogen and oxygen atoms in total. The van der Waals surface area contributed by atoms with E-state index in [2.05, 4.69) is 32.9 Å². The number of fused-ring (bicyclic) bond motifs is 1. The van der Waals surface area contributed by atoms with Crippen molar-refractivity contribution in [3.63, 3.8) is 0 Å². The zero-order valence-electron chi connectivity index (χ0n) is 12.5. The number of pyridine rings is 1. The minimum atomic E-state index is -0.143. The van der Waals surface area contributed by atoms with Crippen molar-refractivity contribution in [2.24, 2.45) is 0 Å². The average Bonchev–Trinajstić information content (AvgIpc) is 2.91. The number of carbonyl (C=O) groups is 1. The molecule has 2 heterocycles. The summed E-state index contributed by atoms with van der Waals surface area (Å²) in [5.41, 5.74) is 3.11. The van der Waals surface area contributed by atoms with Gasteiger partial charge in [0.1, 0.15) is 11.3 Å². The Kier molecular flexibility index (Phi) is 4.87. The fourth-order valence-corrected chi connectivity index (χ4v) is 2.94. The van der Waals surface area contributed by atoms with Crippen LogP contribution in [0.4, 0.5) is 0 Å². The molecule has 23 heavy (non-hydrogen) atoms. The zero-order chi connectivity index (χ0) is 16.4. The monoisotopic (exact) mass is 439 g/mol. The van der Waals surface area contributed by atoms with Gasteiger partial charge < -0.3 is 5.32 Å². The van der Waals surface area contributed by atoms with Crippen molar-refractivity contribution in [3.8, 4) is 0 Å². The average molecular weight is 440 g/mol. The first-order valence-corrected chi connectivity index (χ1v) is 8.73. The maximum atomic E-state index is 12.6. The third-order valence-corrected chi connectivity index (χ3v) is 4.51. The number of amides is 1. The molecule has 3 aromatic rings. The number of hydrogen-bond donors (Lipinski definition) is 1. The summed E-state index contributed by atoms with van der Waals surface area (Å²) >= 11 is 8.31. The molecule has 2 aromatic heterocycles. The molecule has 6 heteroatoms. The molecule has 0 unspecified atom stereocenters. The van der Waals surface area contributed by atoms with Gasteiger partial charge in [0.05, 0.1) is 10.7 Å². The second kappa shape index (κ2) is 6.88. The van der Waals surface area contributed by atoms with E-state index in [0.29, 0.717) is 23.7 Å². The first kappa shape index (κ1) is 16.3. The molecule has 3 rings (SSSR count). The topological polar surface area (TPSA) is 46.4 Å². The summed E-state index contributed by atoms with van der Waals surface area (Å²) < 4.78 is 2.92. The maximum absolute atomic E-state index is 12.6. The minimum Gasteiger partial charge on any atom is -0.347 e. The standard InChI is InChI=1S/C17H15ClIN3O/c1-2-14-16(22-10-12(18)5-8-15(22)21-14)17(23)20-9-11-3-6-13(19)7-4-11/h3-8,10H,2,9H2,1H3,(H,20,23). The van der Waals surface area contributed by atoms with Gasteiger partial charge in [0.2, 0.25) is 0 Å². The Bertz CT molecular complexity index is 858. The fraction of sp³-hybridized carbons (Fsp3) is 0.176. The van der Waals surface area contributed by atoms with Gasteiger partial charge in [-0.15, -0.1) is 0 Å². The van der Waals surface area contributed by atoms with Gasteiger partial charge in [-0.2, -0.15) is 0 Å². The van der Waals surface area contributed by atoms with Crippen LogP contribution in [0.2, 0.25) is 5.02 Å². The highest BCUT2D eigenvalue weighted by molar-refractivity contribution is 14.1. The SMILES string of the molecule is CCc1nc2ccc(Cl)cn2c1C(=O)NCc1ccc(I)cc1. The summed E-state index contributed by atoms with van der Waals surface area (Å²) in [4.78, 5) is 17.1. The van der Waals surface area contributed by atoms with Crippen molar-refractivity contribution in [1.29, 1.82) is 0 Å². The predicted octanol–water partition coefficient (Wildman–Crippen LogP) is 4.08. The van der Waals surface area contributed by atoms with Crippen LogP contribution in [-0.2, 0) is 13.0 Å². The number of imidazole rings is 1. The lowest BCUT2D eigenvalue weighted by Crippen LogP contribution is -2.25. The quantitative estimate of drug-likeness (QED) is 0.623. The molecule has 0 saturated heterocycles. The highest BCUT2D eigenvalue weighted by Crippen LogP contribution is 2.17. The first-order valence-electron chi connectivity index (χ1n) is 7.27. The Morgan fingerprint density at radius 3 is 2.70 bits per heavy atom. The predicted molar refractivity (Wildman–Crippen MR) is 99.9 cm³/mol. The fourth-order valence-electron chi connectivity index (χ4n) is 2.42. The van der Waals surface area contributed by atoms with E-state index in [4.69, 9.17) is 11.6 Å². The van der Waals surface area contributed by atoms with Crippen molar-refractivity contribution in [1.82, 2.24) is 14.7 Å². The van der Waals surface area contributed by atoms with Crippen LogP contribution in [0.3, 0.4) is 0 Å². The molecule has 0 spiro atoms. The molecular formula is C17H15ClIN3O. The first-order chi connectivity index (χ1) is 11.1. The van der Waals surface area contributed by atoms with Crippen molar-refractivity contribution >= 4 is 45.7 Å². The molecule has 118 valence electrons. The van der Waals surface area contributed by atoms with Crippen LogP contribution < -0.4 is 5.32 Å². The van der Waals surface area contributed by atoms with Gasteiger partial charge >= 0.3 is 0 Å². The van der Waals surface area contributed by atoms with E-state index in [1.54, 1.807) is 16.7 Å². The van der Waals surface area contributed by atoms with E-state index >= 15 is 0 Å². The summed E-state index contributed by atoms with van der Waals surface area (Å²) in [6.45, 7) is 2.46. The Hall–Kier alpha value is -1.60. The maximum Gasteiger partial charge on any atom is 0.270 e. The lowest BCUT2D eigenvalue weighted by molar-refractivity contribution is 0.0944. The normalized spacial score (nSPS) is 10.9. The number of rotatable bonds is 4. The molecule has 0 fully saturated rings. The summed E-state index contributed by atoms with van der Waals surface area (Å²) in [5, 5.41) is 3.54. The van der Waals surface area contributed by atoms with Gasteiger partial charge in [-0.05, 0) is 58.8 Å². The van der Waals surface area contributed by atoms with Crippen LogP contribution in [0.5, 0.6) is 0 Å². The molecule has 0 bridgehead atoms. The van der Waals surface area contributed by atoms with E-state index in [1.165, 1.54) is 3.57 Å². The van der Waals surface area contributed by atoms with Gasteiger partial charge in [0.25, 0.3) is 5.91 Å². The van der Waals surface area contributed by atoms with E-state index in [9.17, 15) is 4.79 Å². The molecule has 0 radical (unpaired) electrons. The Labute approximate surface area is 153 Å². The lowest BCUT2D eigenvalue weighted by atomic mass is 10.2. The smallest absolute Gasteiger partial charge is 0.270 e. The number of benzene rings is 1. The van der Waals surface area contributed by atoms with Crippen LogP contribution in [0, 0.1) is 3.57 Å². The number of carbonyl (C=O) groups excluding carboxylic acids is 1. The van der Waals surface area contributed by atoms with Gasteiger partial charge in [-0.1, -0.05) is 30.7 Å². The Morgan fingerprint density at radius 2 is 2.00 bits per heavy atom. The Morgan fingerprint density at radius 1 is 1.26 bits per heavy atom. The molecule has 0 saturated carbocycles. The number of aryl methyl sites for hydroxylation is 1. The van der Waals surface area contributed by atoms with Crippen LogP contribution in [0.25, 0.3) is 5.65 Å². The number of nitrogens with one attached hydrogen (secondary N) is 1. The van der Waals surface area contributed by atoms with Crippen LogP contribution >= 0.6 is 34.2 Å². The van der Waals surface area contributed by atoms with Gasteiger partial charge in [0.15, 0.2) is 0 Å². The van der Waals surface area contributed by atoms with Crippen molar-refractivity contribution in [2.45, 2.75) is 19.9 Å². The summed E-state index contributed by atoms with van der Waals surface area (Å²) in [5.74, 6) is -0.143. The third kappa shape index (κ3) is 3.50. The van der Waals surface area contributed by atoms with Gasteiger partial charge in [-0.3, -0.25) is 9.20 Å². The molecule has 1 aromatic carbocycles. The van der Waals surface area contributed by atoms with Crippen LogP contribution in [0.15, 0.2) is 42.6 Å². The number of aromatic nitrogens is 2. The van der Waals surface area contributed by atoms with E-state index < -0.39 is 0 Å².